The summed E-state index contributed by atoms with van der Waals surface area (Å²) in [7, 11) is 0. The second-order valence-corrected chi connectivity index (χ2v) is 2.79. The highest BCUT2D eigenvalue weighted by atomic mass is 15.0. The number of allylic oxidation sites excluding steroid dienone is 2. The molecule has 0 radical (unpaired) electrons. The van der Waals surface area contributed by atoms with E-state index in [2.05, 4.69) is 22.1 Å². The second kappa shape index (κ2) is 2.46. The van der Waals surface area contributed by atoms with Gasteiger partial charge in [-0.1, -0.05) is 24.3 Å². The zero-order chi connectivity index (χ0) is 7.68. The third kappa shape index (κ3) is 1.16. The van der Waals surface area contributed by atoms with E-state index in [0.29, 0.717) is 12.0 Å². The summed E-state index contributed by atoms with van der Waals surface area (Å²) in [5, 5.41) is 0. The van der Waals surface area contributed by atoms with Gasteiger partial charge in [-0.05, 0) is 6.92 Å². The Morgan fingerprint density at radius 3 is 3.00 bits per heavy atom. The quantitative estimate of drug-likeness (QED) is 0.496. The second-order valence-electron chi connectivity index (χ2n) is 2.79. The molecule has 2 atom stereocenters. The molecule has 1 heterocycles. The van der Waals surface area contributed by atoms with Crippen LogP contribution in [0, 0.1) is 5.92 Å². The van der Waals surface area contributed by atoms with Crippen LogP contribution in [0.5, 0.6) is 0 Å². The molecule has 2 nitrogen and oxygen atoms in total. The molecule has 0 saturated carbocycles. The largest absolute Gasteiger partial charge is 0.262 e. The van der Waals surface area contributed by atoms with E-state index in [0.717, 1.165) is 5.84 Å². The lowest BCUT2D eigenvalue weighted by Gasteiger charge is -2.19. The van der Waals surface area contributed by atoms with Crippen molar-refractivity contribution in [2.24, 2.45) is 15.9 Å². The molecule has 2 aliphatic rings. The van der Waals surface area contributed by atoms with Crippen molar-refractivity contribution >= 4 is 12.1 Å². The Kier molecular flexibility index (Phi) is 1.46. The summed E-state index contributed by atoms with van der Waals surface area (Å²) in [4.78, 5) is 8.54. The van der Waals surface area contributed by atoms with E-state index in [1.54, 1.807) is 0 Å². The van der Waals surface area contributed by atoms with E-state index in [9.17, 15) is 0 Å². The average molecular weight is 146 g/mol. The molecule has 11 heavy (non-hydrogen) atoms. The van der Waals surface area contributed by atoms with E-state index >= 15 is 0 Å². The molecule has 1 aliphatic carbocycles. The van der Waals surface area contributed by atoms with Gasteiger partial charge in [-0.3, -0.25) is 4.99 Å². The van der Waals surface area contributed by atoms with Crippen LogP contribution in [0.15, 0.2) is 34.3 Å². The Morgan fingerprint density at radius 2 is 2.09 bits per heavy atom. The van der Waals surface area contributed by atoms with E-state index in [4.69, 9.17) is 0 Å². The summed E-state index contributed by atoms with van der Waals surface area (Å²) in [5.41, 5.74) is 0. The molecule has 2 heteroatoms. The van der Waals surface area contributed by atoms with Gasteiger partial charge in [0.05, 0.1) is 6.04 Å². The molecule has 0 aromatic rings. The number of nitrogens with zero attached hydrogens (tertiary/aromatic N) is 2. The first-order valence-corrected chi connectivity index (χ1v) is 3.80. The van der Waals surface area contributed by atoms with Crippen molar-refractivity contribution < 1.29 is 0 Å². The standard InChI is InChI=1S/C9H10N2/c1-7-10-6-8-4-2-3-5-9(8)11-7/h2-6,8-9H,1H3. The zero-order valence-corrected chi connectivity index (χ0v) is 6.44. The number of fused-ring (bicyclic) bond motifs is 1. The molecule has 0 saturated heterocycles. The normalized spacial score (nSPS) is 33.4. The molecule has 0 aromatic carbocycles. The molecule has 0 aromatic heterocycles. The molecule has 0 bridgehead atoms. The smallest absolute Gasteiger partial charge is 0.120 e. The Balaban J connectivity index is 2.29. The van der Waals surface area contributed by atoms with Gasteiger partial charge in [0.15, 0.2) is 0 Å². The number of aliphatic imine (C=N–C) groups is 2. The van der Waals surface area contributed by atoms with Crippen molar-refractivity contribution in [1.29, 1.82) is 0 Å². The Hall–Kier alpha value is -1.18. The van der Waals surface area contributed by atoms with Crippen molar-refractivity contribution in [1.82, 2.24) is 0 Å². The zero-order valence-electron chi connectivity index (χ0n) is 6.44. The predicted octanol–water partition coefficient (Wildman–Crippen LogP) is 1.60. The third-order valence-electron chi connectivity index (χ3n) is 1.92. The lowest BCUT2D eigenvalue weighted by atomic mass is 9.96. The van der Waals surface area contributed by atoms with Crippen molar-refractivity contribution in [3.8, 4) is 0 Å². The number of hydrogen-bond acceptors (Lipinski definition) is 2. The van der Waals surface area contributed by atoms with Crippen LogP contribution in [0.25, 0.3) is 0 Å². The first kappa shape index (κ1) is 6.53. The van der Waals surface area contributed by atoms with Crippen molar-refractivity contribution in [3.05, 3.63) is 24.3 Å². The summed E-state index contributed by atoms with van der Waals surface area (Å²) in [6, 6.07) is 0.303. The van der Waals surface area contributed by atoms with Crippen molar-refractivity contribution in [3.63, 3.8) is 0 Å². The topological polar surface area (TPSA) is 24.7 Å². The molecule has 0 spiro atoms. The fourth-order valence-electron chi connectivity index (χ4n) is 1.32. The van der Waals surface area contributed by atoms with Crippen LogP contribution in [0.2, 0.25) is 0 Å². The monoisotopic (exact) mass is 146 g/mol. The fraction of sp³-hybridized carbons (Fsp3) is 0.333. The Labute approximate surface area is 66.1 Å². The summed E-state index contributed by atoms with van der Waals surface area (Å²) < 4.78 is 0. The highest BCUT2D eigenvalue weighted by Gasteiger charge is 2.18. The lowest BCUT2D eigenvalue weighted by molar-refractivity contribution is 0.720. The van der Waals surface area contributed by atoms with Gasteiger partial charge in [0.25, 0.3) is 0 Å². The maximum absolute atomic E-state index is 4.38. The molecule has 0 N–H and O–H groups in total. The summed E-state index contributed by atoms with van der Waals surface area (Å²) in [6.07, 6.45) is 10.3. The molecule has 1 aliphatic heterocycles. The van der Waals surface area contributed by atoms with Crippen LogP contribution in [0.1, 0.15) is 6.92 Å². The molecule has 0 fully saturated rings. The average Bonchev–Trinajstić information content (AvgIpc) is 2.04. The molecule has 2 unspecified atom stereocenters. The van der Waals surface area contributed by atoms with E-state index < -0.39 is 0 Å². The van der Waals surface area contributed by atoms with Crippen LogP contribution < -0.4 is 0 Å². The van der Waals surface area contributed by atoms with Gasteiger partial charge in [-0.2, -0.15) is 0 Å². The van der Waals surface area contributed by atoms with Crippen LogP contribution in [0.4, 0.5) is 0 Å². The summed E-state index contributed by atoms with van der Waals surface area (Å²) in [6.45, 7) is 1.93. The maximum Gasteiger partial charge on any atom is 0.120 e. The Morgan fingerprint density at radius 1 is 1.27 bits per heavy atom. The first-order chi connectivity index (χ1) is 5.36. The molecular weight excluding hydrogens is 136 g/mol. The SMILES string of the molecule is CC1=NC2C=CC=CC2C=N1. The van der Waals surface area contributed by atoms with Crippen molar-refractivity contribution in [2.75, 3.05) is 0 Å². The maximum atomic E-state index is 4.38. The minimum atomic E-state index is 0.303. The van der Waals surface area contributed by atoms with Gasteiger partial charge in [0, 0.05) is 12.1 Å². The summed E-state index contributed by atoms with van der Waals surface area (Å²) in [5.74, 6) is 1.27. The van der Waals surface area contributed by atoms with Crippen LogP contribution >= 0.6 is 0 Å². The fourth-order valence-corrected chi connectivity index (χ4v) is 1.32. The van der Waals surface area contributed by atoms with Gasteiger partial charge in [0.2, 0.25) is 0 Å². The van der Waals surface area contributed by atoms with Crippen LogP contribution in [-0.2, 0) is 0 Å². The minimum Gasteiger partial charge on any atom is -0.262 e. The number of hydrogen-bond donors (Lipinski definition) is 0. The Bertz CT molecular complexity index is 271. The van der Waals surface area contributed by atoms with Gasteiger partial charge >= 0.3 is 0 Å². The summed E-state index contributed by atoms with van der Waals surface area (Å²) >= 11 is 0. The lowest BCUT2D eigenvalue weighted by Crippen LogP contribution is -2.22. The third-order valence-corrected chi connectivity index (χ3v) is 1.92. The van der Waals surface area contributed by atoms with Gasteiger partial charge < -0.3 is 0 Å². The highest BCUT2D eigenvalue weighted by Crippen LogP contribution is 2.17. The van der Waals surface area contributed by atoms with E-state index in [-0.39, 0.29) is 0 Å². The number of rotatable bonds is 0. The van der Waals surface area contributed by atoms with Crippen LogP contribution in [-0.4, -0.2) is 18.1 Å². The number of amidine groups is 1. The molecular formula is C9H10N2. The molecule has 0 amide bonds. The molecule has 2 rings (SSSR count). The van der Waals surface area contributed by atoms with Gasteiger partial charge in [-0.15, -0.1) is 0 Å². The van der Waals surface area contributed by atoms with Crippen molar-refractivity contribution in [2.45, 2.75) is 13.0 Å². The predicted molar refractivity (Wildman–Crippen MR) is 47.2 cm³/mol. The van der Waals surface area contributed by atoms with E-state index in [1.165, 1.54) is 0 Å². The molecule has 56 valence electrons. The first-order valence-electron chi connectivity index (χ1n) is 3.80. The van der Waals surface area contributed by atoms with Gasteiger partial charge in [-0.25, -0.2) is 4.99 Å². The minimum absolute atomic E-state index is 0.303. The van der Waals surface area contributed by atoms with Gasteiger partial charge in [0.1, 0.15) is 5.84 Å². The highest BCUT2D eigenvalue weighted by molar-refractivity contribution is 5.91. The van der Waals surface area contributed by atoms with Crippen LogP contribution in [0.3, 0.4) is 0 Å². The van der Waals surface area contributed by atoms with E-state index in [1.807, 2.05) is 25.3 Å².